The molecule has 1 aromatic rings. The van der Waals surface area contributed by atoms with Gasteiger partial charge in [0.1, 0.15) is 0 Å². The maximum atomic E-state index is 13.5. The van der Waals surface area contributed by atoms with Gasteiger partial charge in [-0.15, -0.1) is 0 Å². The van der Waals surface area contributed by atoms with Gasteiger partial charge in [0.2, 0.25) is 5.82 Å². The van der Waals surface area contributed by atoms with Crippen LogP contribution in [0.15, 0.2) is 0 Å². The lowest BCUT2D eigenvalue weighted by atomic mass is 9.64. The monoisotopic (exact) mass is 266 g/mol. The Labute approximate surface area is 98.0 Å². The summed E-state index contributed by atoms with van der Waals surface area (Å²) in [6, 6.07) is 0. The van der Waals surface area contributed by atoms with Crippen molar-refractivity contribution in [2.45, 2.75) is 24.7 Å². The number of halogens is 5. The molecule has 0 aromatic heterocycles. The summed E-state index contributed by atoms with van der Waals surface area (Å²) in [4.78, 5) is 11.0. The lowest BCUT2D eigenvalue weighted by Crippen LogP contribution is -2.44. The minimum absolute atomic E-state index is 0.152. The average molecular weight is 266 g/mol. The van der Waals surface area contributed by atoms with Crippen LogP contribution in [0.25, 0.3) is 0 Å². The van der Waals surface area contributed by atoms with Gasteiger partial charge in [-0.05, 0) is 12.8 Å². The Balaban J connectivity index is 2.76. The van der Waals surface area contributed by atoms with E-state index in [0.717, 1.165) is 0 Å². The standard InChI is InChI=1S/C11H7F5O2/c12-5-4(11(10(17)18)2-1-3-11)6(13)8(15)9(16)7(5)14/h1-3H2,(H,17,18). The molecule has 2 rings (SSSR count). The van der Waals surface area contributed by atoms with Crippen molar-refractivity contribution in [1.82, 2.24) is 0 Å². The number of hydrogen-bond acceptors (Lipinski definition) is 1. The first-order valence-electron chi connectivity index (χ1n) is 5.08. The van der Waals surface area contributed by atoms with E-state index in [-0.39, 0.29) is 12.8 Å². The van der Waals surface area contributed by atoms with Gasteiger partial charge in [0.25, 0.3) is 0 Å². The number of hydrogen-bond donors (Lipinski definition) is 1. The largest absolute Gasteiger partial charge is 0.481 e. The SMILES string of the molecule is O=C(O)C1(c2c(F)c(F)c(F)c(F)c2F)CCC1. The van der Waals surface area contributed by atoms with Crippen LogP contribution in [0.2, 0.25) is 0 Å². The molecule has 1 fully saturated rings. The predicted molar refractivity (Wildman–Crippen MR) is 49.4 cm³/mol. The van der Waals surface area contributed by atoms with Crippen LogP contribution in [0.5, 0.6) is 0 Å². The van der Waals surface area contributed by atoms with Crippen LogP contribution in [0.1, 0.15) is 24.8 Å². The topological polar surface area (TPSA) is 37.3 Å². The van der Waals surface area contributed by atoms with E-state index in [1.54, 1.807) is 0 Å². The van der Waals surface area contributed by atoms with Crippen LogP contribution in [-0.4, -0.2) is 11.1 Å². The smallest absolute Gasteiger partial charge is 0.314 e. The van der Waals surface area contributed by atoms with E-state index in [1.807, 2.05) is 0 Å². The number of carbonyl (C=O) groups is 1. The second kappa shape index (κ2) is 3.93. The van der Waals surface area contributed by atoms with Crippen molar-refractivity contribution < 1.29 is 31.9 Å². The molecule has 0 heterocycles. The van der Waals surface area contributed by atoms with E-state index in [4.69, 9.17) is 5.11 Å². The Hall–Kier alpha value is -1.66. The van der Waals surface area contributed by atoms with Crippen molar-refractivity contribution in [3.8, 4) is 0 Å². The van der Waals surface area contributed by atoms with Gasteiger partial charge < -0.3 is 5.11 Å². The van der Waals surface area contributed by atoms with Crippen LogP contribution in [0.4, 0.5) is 22.0 Å². The van der Waals surface area contributed by atoms with E-state index in [9.17, 15) is 26.7 Å². The Bertz CT molecular complexity index is 508. The summed E-state index contributed by atoms with van der Waals surface area (Å²) in [6.45, 7) is 0. The fourth-order valence-electron chi connectivity index (χ4n) is 2.13. The number of benzene rings is 1. The van der Waals surface area contributed by atoms with Crippen LogP contribution < -0.4 is 0 Å². The van der Waals surface area contributed by atoms with Crippen LogP contribution in [0, 0.1) is 29.1 Å². The highest BCUT2D eigenvalue weighted by Gasteiger charge is 2.51. The summed E-state index contributed by atoms with van der Waals surface area (Å²) in [5.74, 6) is -12.2. The molecule has 98 valence electrons. The van der Waals surface area contributed by atoms with Crippen molar-refractivity contribution in [1.29, 1.82) is 0 Å². The normalized spacial score (nSPS) is 17.4. The van der Waals surface area contributed by atoms with Crippen molar-refractivity contribution >= 4 is 5.97 Å². The highest BCUT2D eigenvalue weighted by molar-refractivity contribution is 5.82. The summed E-state index contributed by atoms with van der Waals surface area (Å²) in [5.41, 5.74) is -3.25. The maximum absolute atomic E-state index is 13.5. The van der Waals surface area contributed by atoms with Gasteiger partial charge >= 0.3 is 5.97 Å². The molecule has 18 heavy (non-hydrogen) atoms. The molecule has 0 aliphatic heterocycles. The van der Waals surface area contributed by atoms with Crippen molar-refractivity contribution in [2.24, 2.45) is 0 Å². The summed E-state index contributed by atoms with van der Waals surface area (Å²) < 4.78 is 65.8. The molecule has 0 bridgehead atoms. The molecule has 7 heteroatoms. The summed E-state index contributed by atoms with van der Waals surface area (Å²) in [5, 5.41) is 8.97. The van der Waals surface area contributed by atoms with Gasteiger partial charge in [-0.3, -0.25) is 4.79 Å². The van der Waals surface area contributed by atoms with E-state index < -0.39 is 46.0 Å². The molecule has 1 saturated carbocycles. The molecule has 1 aromatic carbocycles. The molecule has 2 nitrogen and oxygen atoms in total. The Morgan fingerprint density at radius 2 is 1.28 bits per heavy atom. The lowest BCUT2D eigenvalue weighted by molar-refractivity contribution is -0.147. The summed E-state index contributed by atoms with van der Waals surface area (Å²) in [6.07, 6.45) is 0.0488. The van der Waals surface area contributed by atoms with Gasteiger partial charge in [0.15, 0.2) is 23.3 Å². The molecule has 1 aliphatic carbocycles. The third kappa shape index (κ3) is 1.42. The zero-order chi connectivity index (χ0) is 13.7. The Morgan fingerprint density at radius 3 is 1.56 bits per heavy atom. The molecule has 1 aliphatic rings. The first kappa shape index (κ1) is 12.8. The van der Waals surface area contributed by atoms with Gasteiger partial charge in [-0.1, -0.05) is 6.42 Å². The fourth-order valence-corrected chi connectivity index (χ4v) is 2.13. The second-order valence-corrected chi connectivity index (χ2v) is 4.19. The Kier molecular flexibility index (Phi) is 2.79. The molecule has 0 spiro atoms. The Morgan fingerprint density at radius 1 is 0.889 bits per heavy atom. The van der Waals surface area contributed by atoms with Crippen LogP contribution >= 0.6 is 0 Å². The van der Waals surface area contributed by atoms with Gasteiger partial charge in [-0.25, -0.2) is 22.0 Å². The molecule has 0 amide bonds. The van der Waals surface area contributed by atoms with Gasteiger partial charge in [0, 0.05) is 5.56 Å². The number of aliphatic carboxylic acids is 1. The highest BCUT2D eigenvalue weighted by atomic mass is 19.2. The first-order valence-corrected chi connectivity index (χ1v) is 5.08. The molecular formula is C11H7F5O2. The molecule has 1 N–H and O–H groups in total. The minimum atomic E-state index is -2.28. The molecular weight excluding hydrogens is 259 g/mol. The zero-order valence-electron chi connectivity index (χ0n) is 8.87. The third-order valence-corrected chi connectivity index (χ3v) is 3.30. The summed E-state index contributed by atoms with van der Waals surface area (Å²) >= 11 is 0. The molecule has 0 radical (unpaired) electrons. The van der Waals surface area contributed by atoms with Crippen LogP contribution in [0.3, 0.4) is 0 Å². The van der Waals surface area contributed by atoms with Crippen molar-refractivity contribution in [2.75, 3.05) is 0 Å². The second-order valence-electron chi connectivity index (χ2n) is 4.19. The quantitative estimate of drug-likeness (QED) is 0.507. The maximum Gasteiger partial charge on any atom is 0.314 e. The number of carboxylic acid groups (broad SMARTS) is 1. The molecule has 0 saturated heterocycles. The highest BCUT2D eigenvalue weighted by Crippen LogP contribution is 2.47. The van der Waals surface area contributed by atoms with E-state index in [1.165, 1.54) is 0 Å². The van der Waals surface area contributed by atoms with E-state index in [2.05, 4.69) is 0 Å². The molecule has 0 unspecified atom stereocenters. The van der Waals surface area contributed by atoms with Gasteiger partial charge in [-0.2, -0.15) is 0 Å². The predicted octanol–water partition coefficient (Wildman–Crippen LogP) is 2.89. The fraction of sp³-hybridized carbons (Fsp3) is 0.364. The van der Waals surface area contributed by atoms with Crippen molar-refractivity contribution in [3.05, 3.63) is 34.6 Å². The number of rotatable bonds is 2. The first-order chi connectivity index (χ1) is 8.33. The van der Waals surface area contributed by atoms with Crippen molar-refractivity contribution in [3.63, 3.8) is 0 Å². The minimum Gasteiger partial charge on any atom is -0.481 e. The zero-order valence-corrected chi connectivity index (χ0v) is 8.87. The van der Waals surface area contributed by atoms with Crippen LogP contribution in [-0.2, 0) is 10.2 Å². The van der Waals surface area contributed by atoms with Gasteiger partial charge in [0.05, 0.1) is 5.41 Å². The molecule has 0 atom stereocenters. The van der Waals surface area contributed by atoms with E-state index >= 15 is 0 Å². The summed E-state index contributed by atoms with van der Waals surface area (Å²) in [7, 11) is 0. The van der Waals surface area contributed by atoms with E-state index in [0.29, 0.717) is 6.42 Å². The lowest BCUT2D eigenvalue weighted by Gasteiger charge is -2.38. The average Bonchev–Trinajstić information content (AvgIpc) is 2.26. The third-order valence-electron chi connectivity index (χ3n) is 3.30. The number of carboxylic acids is 1.